The van der Waals surface area contributed by atoms with Crippen molar-refractivity contribution in [1.29, 1.82) is 0 Å². The van der Waals surface area contributed by atoms with Gasteiger partial charge in [-0.1, -0.05) is 0 Å². The van der Waals surface area contributed by atoms with Gasteiger partial charge in [-0.15, -0.1) is 0 Å². The molecule has 0 saturated carbocycles. The van der Waals surface area contributed by atoms with Crippen molar-refractivity contribution in [2.75, 3.05) is 18.5 Å². The summed E-state index contributed by atoms with van der Waals surface area (Å²) in [5, 5.41) is 0. The molecule has 2 aliphatic rings. The maximum Gasteiger partial charge on any atom is 0.119 e. The summed E-state index contributed by atoms with van der Waals surface area (Å²) in [4.78, 5) is 0. The lowest BCUT2D eigenvalue weighted by molar-refractivity contribution is 0.744. The van der Waals surface area contributed by atoms with Gasteiger partial charge in [-0.25, -0.2) is 0 Å². The summed E-state index contributed by atoms with van der Waals surface area (Å²) in [7, 11) is -0.345. The normalized spacial score (nSPS) is 36.3. The Morgan fingerprint density at radius 3 is 2.09 bits per heavy atom. The van der Waals surface area contributed by atoms with Crippen molar-refractivity contribution in [3.8, 4) is 0 Å². The van der Waals surface area contributed by atoms with Crippen molar-refractivity contribution in [1.82, 2.24) is 0 Å². The third-order valence-electron chi connectivity index (χ3n) is 3.35. The summed E-state index contributed by atoms with van der Waals surface area (Å²) in [6.45, 7) is 0. The van der Waals surface area contributed by atoms with E-state index in [0.717, 1.165) is 3.67 Å². The minimum atomic E-state index is -0.345. The first-order chi connectivity index (χ1) is 5.33. The molecule has 0 nitrogen and oxygen atoms in total. The lowest BCUT2D eigenvalue weighted by Gasteiger charge is -2.29. The third-order valence-corrected chi connectivity index (χ3v) is 12.6. The highest BCUT2D eigenvalue weighted by molar-refractivity contribution is 14.1. The number of halogens is 1. The molecule has 0 aromatic heterocycles. The molecule has 2 fully saturated rings. The van der Waals surface area contributed by atoms with E-state index in [-0.39, 0.29) is 7.26 Å². The Morgan fingerprint density at radius 1 is 0.909 bits per heavy atom. The Labute approximate surface area is 84.0 Å². The second-order valence-corrected chi connectivity index (χ2v) is 10.9. The van der Waals surface area contributed by atoms with Gasteiger partial charge in [0.1, 0.15) is 3.67 Å². The predicted octanol–water partition coefficient (Wildman–Crippen LogP) is 3.74. The van der Waals surface area contributed by atoms with E-state index in [1.807, 2.05) is 0 Å². The zero-order chi connectivity index (χ0) is 7.73. The number of rotatable bonds is 0. The van der Waals surface area contributed by atoms with Crippen LogP contribution in [0, 0.1) is 0 Å². The van der Waals surface area contributed by atoms with Gasteiger partial charge in [0.15, 0.2) is 0 Å². The topological polar surface area (TPSA) is 0 Å². The third kappa shape index (κ3) is 1.60. The molecule has 64 valence electrons. The maximum atomic E-state index is 2.75. The molecule has 2 saturated heterocycles. The highest BCUT2D eigenvalue weighted by Gasteiger charge is 2.48. The molecule has 2 aliphatic heterocycles. The first kappa shape index (κ1) is 8.74. The average molecular weight is 283 g/mol. The summed E-state index contributed by atoms with van der Waals surface area (Å²) in [5.41, 5.74) is 0. The summed E-state index contributed by atoms with van der Waals surface area (Å²) >= 11 is 2.75. The van der Waals surface area contributed by atoms with Gasteiger partial charge in [0, 0.05) is 7.26 Å². The van der Waals surface area contributed by atoms with Crippen LogP contribution in [0.1, 0.15) is 32.1 Å². The SMILES string of the molecule is IC1CCC[P+]12CCCCC2. The van der Waals surface area contributed by atoms with Crippen LogP contribution in [0.2, 0.25) is 0 Å². The molecular formula is C9H17IP+. The standard InChI is InChI=1S/C9H17IP/c10-9-5-4-8-11(9)6-2-1-3-7-11/h9H,1-8H2/q+1. The largest absolute Gasteiger partial charge is 0.119 e. The second kappa shape index (κ2) is 3.49. The van der Waals surface area contributed by atoms with Crippen LogP contribution in [0.15, 0.2) is 0 Å². The summed E-state index contributed by atoms with van der Waals surface area (Å²) < 4.78 is 1.13. The van der Waals surface area contributed by atoms with Crippen LogP contribution in [0.3, 0.4) is 0 Å². The molecule has 0 amide bonds. The molecule has 0 aromatic carbocycles. The van der Waals surface area contributed by atoms with Crippen LogP contribution >= 0.6 is 29.9 Å². The van der Waals surface area contributed by atoms with E-state index in [1.54, 1.807) is 44.2 Å². The van der Waals surface area contributed by atoms with Gasteiger partial charge in [-0.2, -0.15) is 0 Å². The molecule has 2 heterocycles. The van der Waals surface area contributed by atoms with E-state index in [4.69, 9.17) is 0 Å². The molecule has 11 heavy (non-hydrogen) atoms. The lowest BCUT2D eigenvalue weighted by atomic mass is 10.3. The van der Waals surface area contributed by atoms with E-state index in [0.29, 0.717) is 0 Å². The van der Waals surface area contributed by atoms with Crippen molar-refractivity contribution in [3.63, 3.8) is 0 Å². The monoisotopic (exact) mass is 283 g/mol. The summed E-state index contributed by atoms with van der Waals surface area (Å²) in [6, 6.07) is 0. The van der Waals surface area contributed by atoms with Gasteiger partial charge < -0.3 is 0 Å². The van der Waals surface area contributed by atoms with E-state index < -0.39 is 0 Å². The number of hydrogen-bond donors (Lipinski definition) is 0. The van der Waals surface area contributed by atoms with Crippen molar-refractivity contribution in [2.45, 2.75) is 35.8 Å². The van der Waals surface area contributed by atoms with Crippen LogP contribution in [0.5, 0.6) is 0 Å². The van der Waals surface area contributed by atoms with E-state index >= 15 is 0 Å². The average Bonchev–Trinajstić information content (AvgIpc) is 2.36. The molecule has 0 bridgehead atoms. The van der Waals surface area contributed by atoms with Crippen molar-refractivity contribution >= 4 is 29.9 Å². The first-order valence-corrected chi connectivity index (χ1v) is 8.49. The molecule has 0 aromatic rings. The Hall–Kier alpha value is 1.16. The molecule has 0 aliphatic carbocycles. The zero-order valence-electron chi connectivity index (χ0n) is 7.06. The molecule has 2 heteroatoms. The Balaban J connectivity index is 2.06. The molecule has 1 spiro atoms. The van der Waals surface area contributed by atoms with E-state index in [2.05, 4.69) is 22.6 Å². The fourth-order valence-corrected chi connectivity index (χ4v) is 10.3. The highest BCUT2D eigenvalue weighted by atomic mass is 127. The second-order valence-electron chi connectivity index (χ2n) is 4.03. The zero-order valence-corrected chi connectivity index (χ0v) is 10.1. The van der Waals surface area contributed by atoms with Gasteiger partial charge in [-0.05, 0) is 54.7 Å². The molecule has 1 unspecified atom stereocenters. The molecule has 1 atom stereocenters. The molecular weight excluding hydrogens is 266 g/mol. The first-order valence-electron chi connectivity index (χ1n) is 4.83. The van der Waals surface area contributed by atoms with E-state index in [1.165, 1.54) is 6.42 Å². The fourth-order valence-electron chi connectivity index (χ4n) is 2.63. The lowest BCUT2D eigenvalue weighted by Crippen LogP contribution is -2.14. The maximum absolute atomic E-state index is 2.75. The minimum Gasteiger partial charge on any atom is -0.0464 e. The van der Waals surface area contributed by atoms with Crippen molar-refractivity contribution < 1.29 is 0 Å². The Kier molecular flexibility index (Phi) is 2.78. The molecule has 2 rings (SSSR count). The van der Waals surface area contributed by atoms with Gasteiger partial charge >= 0.3 is 0 Å². The van der Waals surface area contributed by atoms with E-state index in [9.17, 15) is 0 Å². The van der Waals surface area contributed by atoms with Crippen LogP contribution in [0.25, 0.3) is 0 Å². The summed E-state index contributed by atoms with van der Waals surface area (Å²) in [5.74, 6) is 0. The molecule has 0 radical (unpaired) electrons. The molecule has 0 N–H and O–H groups in total. The van der Waals surface area contributed by atoms with Crippen LogP contribution in [-0.4, -0.2) is 22.2 Å². The smallest absolute Gasteiger partial charge is 0.0464 e. The Morgan fingerprint density at radius 2 is 1.55 bits per heavy atom. The van der Waals surface area contributed by atoms with Crippen LogP contribution in [0.4, 0.5) is 0 Å². The summed E-state index contributed by atoms with van der Waals surface area (Å²) in [6.07, 6.45) is 12.7. The highest BCUT2D eigenvalue weighted by Crippen LogP contribution is 2.72. The predicted molar refractivity (Wildman–Crippen MR) is 62.4 cm³/mol. The van der Waals surface area contributed by atoms with Crippen molar-refractivity contribution in [3.05, 3.63) is 0 Å². The Bertz CT molecular complexity index is 140. The van der Waals surface area contributed by atoms with Crippen LogP contribution in [-0.2, 0) is 0 Å². The van der Waals surface area contributed by atoms with Gasteiger partial charge in [0.05, 0.1) is 18.5 Å². The minimum absolute atomic E-state index is 0.345. The quantitative estimate of drug-likeness (QED) is 0.361. The number of alkyl halides is 1. The fraction of sp³-hybridized carbons (Fsp3) is 1.00. The van der Waals surface area contributed by atoms with Crippen LogP contribution < -0.4 is 0 Å². The van der Waals surface area contributed by atoms with Gasteiger partial charge in [-0.3, -0.25) is 0 Å². The van der Waals surface area contributed by atoms with Gasteiger partial charge in [0.25, 0.3) is 0 Å². The number of hydrogen-bond acceptors (Lipinski definition) is 0. The van der Waals surface area contributed by atoms with Crippen molar-refractivity contribution in [2.24, 2.45) is 0 Å². The van der Waals surface area contributed by atoms with Gasteiger partial charge in [0.2, 0.25) is 0 Å².